The van der Waals surface area contributed by atoms with E-state index in [4.69, 9.17) is 10.4 Å². The number of aromatic carboxylic acids is 1. The van der Waals surface area contributed by atoms with E-state index in [0.717, 1.165) is 5.56 Å². The highest BCUT2D eigenvalue weighted by molar-refractivity contribution is 5.95. The fraction of sp³-hybridized carbons (Fsp3) is 0.176. The number of rotatable bonds is 3. The lowest BCUT2D eigenvalue weighted by Crippen LogP contribution is -2.04. The zero-order valence-electron chi connectivity index (χ0n) is 12.6. The summed E-state index contributed by atoms with van der Waals surface area (Å²) in [4.78, 5) is 11.1. The van der Waals surface area contributed by atoms with Crippen molar-refractivity contribution >= 4 is 17.3 Å². The topological polar surface area (TPSA) is 73.1 Å². The molecule has 2 aromatic carbocycles. The van der Waals surface area contributed by atoms with E-state index in [-0.39, 0.29) is 16.9 Å². The van der Waals surface area contributed by atoms with Crippen LogP contribution in [0.4, 0.5) is 15.8 Å². The number of hydrogen-bond donors (Lipinski definition) is 2. The molecule has 0 saturated carbocycles. The van der Waals surface area contributed by atoms with E-state index >= 15 is 0 Å². The average Bonchev–Trinajstić information content (AvgIpc) is 2.51. The van der Waals surface area contributed by atoms with Gasteiger partial charge < -0.3 is 10.4 Å². The number of nitrogens with zero attached hydrogens (tertiary/aromatic N) is 1. The van der Waals surface area contributed by atoms with Crippen LogP contribution >= 0.6 is 0 Å². The van der Waals surface area contributed by atoms with Crippen LogP contribution in [0.25, 0.3) is 0 Å². The number of hydrogen-bond acceptors (Lipinski definition) is 3. The van der Waals surface area contributed by atoms with Crippen molar-refractivity contribution in [3.8, 4) is 6.07 Å². The van der Waals surface area contributed by atoms with Gasteiger partial charge in [-0.1, -0.05) is 19.9 Å². The van der Waals surface area contributed by atoms with Crippen molar-refractivity contribution < 1.29 is 14.3 Å². The molecular formula is C17H17FN2O2. The van der Waals surface area contributed by atoms with E-state index in [0.29, 0.717) is 5.56 Å². The number of carbonyl (C=O) groups is 1. The van der Waals surface area contributed by atoms with E-state index in [2.05, 4.69) is 5.32 Å². The molecule has 0 aliphatic carbocycles. The lowest BCUT2D eigenvalue weighted by atomic mass is 10.1. The molecule has 0 bridgehead atoms. The van der Waals surface area contributed by atoms with Crippen LogP contribution in [0.1, 0.15) is 35.3 Å². The van der Waals surface area contributed by atoms with Crippen molar-refractivity contribution in [1.29, 1.82) is 5.26 Å². The van der Waals surface area contributed by atoms with Gasteiger partial charge in [-0.3, -0.25) is 0 Å². The second-order valence-electron chi connectivity index (χ2n) is 4.29. The summed E-state index contributed by atoms with van der Waals surface area (Å²) < 4.78 is 13.8. The highest BCUT2D eigenvalue weighted by Gasteiger charge is 2.12. The van der Waals surface area contributed by atoms with E-state index in [9.17, 15) is 9.18 Å². The van der Waals surface area contributed by atoms with Gasteiger partial charge in [0.2, 0.25) is 0 Å². The molecule has 0 aliphatic heterocycles. The Morgan fingerprint density at radius 3 is 2.41 bits per heavy atom. The molecule has 22 heavy (non-hydrogen) atoms. The minimum Gasteiger partial charge on any atom is -0.478 e. The maximum absolute atomic E-state index is 13.8. The van der Waals surface area contributed by atoms with Gasteiger partial charge >= 0.3 is 5.97 Å². The highest BCUT2D eigenvalue weighted by Crippen LogP contribution is 2.25. The van der Waals surface area contributed by atoms with E-state index in [1.54, 1.807) is 13.0 Å². The Bertz CT molecular complexity index is 721. The molecule has 2 aromatic rings. The standard InChI is InChI=1S/C15H11FN2O2.C2H6/c1-9-2-5-13(12(16)6-9)18-14-7-10(8-17)3-4-11(14)15(19)20;1-2/h2-7,18H,1H3,(H,19,20);1-2H3. The van der Waals surface area contributed by atoms with Crippen LogP contribution in [0.5, 0.6) is 0 Å². The number of nitriles is 1. The van der Waals surface area contributed by atoms with Crippen LogP contribution < -0.4 is 5.32 Å². The molecule has 0 aliphatic rings. The predicted octanol–water partition coefficient (Wildman–Crippen LogP) is 4.47. The highest BCUT2D eigenvalue weighted by atomic mass is 19.1. The Hall–Kier alpha value is -2.87. The van der Waals surface area contributed by atoms with Gasteiger partial charge in [0.15, 0.2) is 0 Å². The molecule has 0 saturated heterocycles. The van der Waals surface area contributed by atoms with Gasteiger partial charge in [0.1, 0.15) is 5.82 Å². The molecule has 0 unspecified atom stereocenters. The predicted molar refractivity (Wildman–Crippen MR) is 83.9 cm³/mol. The van der Waals surface area contributed by atoms with Crippen molar-refractivity contribution in [1.82, 2.24) is 0 Å². The van der Waals surface area contributed by atoms with Crippen LogP contribution in [0.3, 0.4) is 0 Å². The first-order valence-corrected chi connectivity index (χ1v) is 6.82. The molecule has 2 rings (SSSR count). The molecule has 0 fully saturated rings. The monoisotopic (exact) mass is 300 g/mol. The first-order valence-electron chi connectivity index (χ1n) is 6.82. The van der Waals surface area contributed by atoms with Gasteiger partial charge in [-0.25, -0.2) is 9.18 Å². The van der Waals surface area contributed by atoms with Crippen molar-refractivity contribution in [3.05, 3.63) is 58.9 Å². The minimum absolute atomic E-state index is 0.0241. The number of nitrogens with one attached hydrogen (secondary N) is 1. The van der Waals surface area contributed by atoms with Crippen molar-refractivity contribution in [3.63, 3.8) is 0 Å². The minimum atomic E-state index is -1.15. The fourth-order valence-corrected chi connectivity index (χ4v) is 1.77. The van der Waals surface area contributed by atoms with E-state index in [1.807, 2.05) is 19.9 Å². The Labute approximate surface area is 128 Å². The summed E-state index contributed by atoms with van der Waals surface area (Å²) in [6, 6.07) is 10.6. The molecule has 0 amide bonds. The Balaban J connectivity index is 0.00000116. The quantitative estimate of drug-likeness (QED) is 0.877. The van der Waals surface area contributed by atoms with Gasteiger partial charge in [0, 0.05) is 0 Å². The number of carboxylic acid groups (broad SMARTS) is 1. The largest absolute Gasteiger partial charge is 0.478 e. The van der Waals surface area contributed by atoms with Crippen LogP contribution in [0.2, 0.25) is 0 Å². The third kappa shape index (κ3) is 4.06. The van der Waals surface area contributed by atoms with Gasteiger partial charge in [0.05, 0.1) is 28.6 Å². The molecule has 0 aromatic heterocycles. The second kappa shape index (κ2) is 7.79. The third-order valence-corrected chi connectivity index (χ3v) is 2.77. The SMILES string of the molecule is CC.Cc1ccc(Nc2cc(C#N)ccc2C(=O)O)c(F)c1. The van der Waals surface area contributed by atoms with Gasteiger partial charge in [0.25, 0.3) is 0 Å². The molecule has 0 atom stereocenters. The molecule has 114 valence electrons. The maximum atomic E-state index is 13.8. The molecular weight excluding hydrogens is 283 g/mol. The smallest absolute Gasteiger partial charge is 0.337 e. The van der Waals surface area contributed by atoms with Gasteiger partial charge in [-0.15, -0.1) is 0 Å². The Morgan fingerprint density at radius 2 is 1.86 bits per heavy atom. The normalized spacial score (nSPS) is 9.23. The summed E-state index contributed by atoms with van der Waals surface area (Å²) in [5.41, 5.74) is 1.37. The Kier molecular flexibility index (Phi) is 6.09. The van der Waals surface area contributed by atoms with Crippen LogP contribution in [0.15, 0.2) is 36.4 Å². The number of aryl methyl sites for hydroxylation is 1. The molecule has 4 nitrogen and oxygen atoms in total. The zero-order valence-corrected chi connectivity index (χ0v) is 12.6. The second-order valence-corrected chi connectivity index (χ2v) is 4.29. The van der Waals surface area contributed by atoms with Crippen molar-refractivity contribution in [2.45, 2.75) is 20.8 Å². The number of halogens is 1. The summed E-state index contributed by atoms with van der Waals surface area (Å²) in [5.74, 6) is -1.63. The summed E-state index contributed by atoms with van der Waals surface area (Å²) in [6.07, 6.45) is 0. The summed E-state index contributed by atoms with van der Waals surface area (Å²) >= 11 is 0. The van der Waals surface area contributed by atoms with Gasteiger partial charge in [-0.2, -0.15) is 5.26 Å². The van der Waals surface area contributed by atoms with Crippen molar-refractivity contribution in [2.75, 3.05) is 5.32 Å². The molecule has 0 spiro atoms. The van der Waals surface area contributed by atoms with E-state index < -0.39 is 11.8 Å². The Morgan fingerprint density at radius 1 is 1.18 bits per heavy atom. The molecule has 0 radical (unpaired) electrons. The lowest BCUT2D eigenvalue weighted by molar-refractivity contribution is 0.0698. The fourth-order valence-electron chi connectivity index (χ4n) is 1.77. The van der Waals surface area contributed by atoms with Crippen LogP contribution in [0, 0.1) is 24.1 Å². The van der Waals surface area contributed by atoms with Crippen LogP contribution in [-0.2, 0) is 0 Å². The molecule has 5 heteroatoms. The zero-order chi connectivity index (χ0) is 16.7. The first kappa shape index (κ1) is 17.2. The molecule has 0 heterocycles. The molecule has 2 N–H and O–H groups in total. The third-order valence-electron chi connectivity index (χ3n) is 2.77. The van der Waals surface area contributed by atoms with Gasteiger partial charge in [-0.05, 0) is 42.8 Å². The number of anilines is 2. The van der Waals surface area contributed by atoms with Crippen molar-refractivity contribution in [2.24, 2.45) is 0 Å². The number of carboxylic acids is 1. The number of benzene rings is 2. The lowest BCUT2D eigenvalue weighted by Gasteiger charge is -2.11. The summed E-state index contributed by atoms with van der Waals surface area (Å²) in [7, 11) is 0. The van der Waals surface area contributed by atoms with Crippen LogP contribution in [-0.4, -0.2) is 11.1 Å². The van der Waals surface area contributed by atoms with E-state index in [1.165, 1.54) is 30.3 Å². The maximum Gasteiger partial charge on any atom is 0.337 e. The average molecular weight is 300 g/mol. The summed E-state index contributed by atoms with van der Waals surface area (Å²) in [6.45, 7) is 5.76. The summed E-state index contributed by atoms with van der Waals surface area (Å²) in [5, 5.41) is 20.7. The first-order chi connectivity index (χ1) is 10.5.